The van der Waals surface area contributed by atoms with E-state index in [4.69, 9.17) is 4.74 Å². The lowest BCUT2D eigenvalue weighted by Crippen LogP contribution is -2.61. The van der Waals surface area contributed by atoms with Crippen LogP contribution < -0.4 is 0 Å². The molecule has 0 bridgehead atoms. The maximum absolute atomic E-state index is 5.91. The fourth-order valence-electron chi connectivity index (χ4n) is 3.30. The Hall–Kier alpha value is -1.08. The molecule has 1 unspecified atom stereocenters. The van der Waals surface area contributed by atoms with Crippen LogP contribution in [0.2, 0.25) is 0 Å². The van der Waals surface area contributed by atoms with Crippen molar-refractivity contribution in [1.82, 2.24) is 0 Å². The van der Waals surface area contributed by atoms with Crippen LogP contribution in [-0.2, 0) is 10.2 Å². The fraction of sp³-hybridized carbons (Fsp3) is 0.467. The summed E-state index contributed by atoms with van der Waals surface area (Å²) in [5, 5.41) is 0. The predicted octanol–water partition coefficient (Wildman–Crippen LogP) is 3.45. The molecular formula is C15H18O. The summed E-state index contributed by atoms with van der Waals surface area (Å²) in [6.07, 6.45) is 6.97. The van der Waals surface area contributed by atoms with E-state index in [1.54, 1.807) is 0 Å². The summed E-state index contributed by atoms with van der Waals surface area (Å²) in [5.41, 5.74) is 1.57. The van der Waals surface area contributed by atoms with Gasteiger partial charge in [0, 0.05) is 11.8 Å². The van der Waals surface area contributed by atoms with Gasteiger partial charge in [0.2, 0.25) is 0 Å². The van der Waals surface area contributed by atoms with Gasteiger partial charge in [-0.1, -0.05) is 42.8 Å². The standard InChI is InChI=1S/C15H18O/c1-2-15(11-12-16-15)14(9-6-10-14)13-7-4-3-5-8-13/h2-5,7-8H,1,6,9-12H2. The van der Waals surface area contributed by atoms with E-state index < -0.39 is 0 Å². The number of benzene rings is 1. The zero-order chi connectivity index (χ0) is 11.1. The molecule has 1 heteroatoms. The monoisotopic (exact) mass is 214 g/mol. The maximum atomic E-state index is 5.91. The van der Waals surface area contributed by atoms with Crippen molar-refractivity contribution in [1.29, 1.82) is 0 Å². The van der Waals surface area contributed by atoms with Gasteiger partial charge in [0.05, 0.1) is 12.2 Å². The van der Waals surface area contributed by atoms with Crippen LogP contribution in [-0.4, -0.2) is 12.2 Å². The molecule has 1 aromatic rings. The zero-order valence-electron chi connectivity index (χ0n) is 9.61. The van der Waals surface area contributed by atoms with Crippen LogP contribution in [0.4, 0.5) is 0 Å². The molecule has 1 aliphatic carbocycles. The minimum atomic E-state index is -0.0768. The number of hydrogen-bond acceptors (Lipinski definition) is 1. The molecular weight excluding hydrogens is 196 g/mol. The molecule has 1 saturated heterocycles. The van der Waals surface area contributed by atoms with Gasteiger partial charge in [0.1, 0.15) is 0 Å². The van der Waals surface area contributed by atoms with Crippen molar-refractivity contribution >= 4 is 0 Å². The van der Waals surface area contributed by atoms with Crippen LogP contribution in [0.1, 0.15) is 31.2 Å². The van der Waals surface area contributed by atoms with Gasteiger partial charge in [0.25, 0.3) is 0 Å². The smallest absolute Gasteiger partial charge is 0.0977 e. The highest BCUT2D eigenvalue weighted by Gasteiger charge is 2.58. The SMILES string of the molecule is C=CC1(C2(c3ccccc3)CCC2)CCO1. The quantitative estimate of drug-likeness (QED) is 0.700. The first-order chi connectivity index (χ1) is 7.83. The fourth-order valence-corrected chi connectivity index (χ4v) is 3.30. The van der Waals surface area contributed by atoms with Crippen LogP contribution >= 0.6 is 0 Å². The molecule has 0 spiro atoms. The number of ether oxygens (including phenoxy) is 1. The third-order valence-corrected chi connectivity index (χ3v) is 4.51. The average molecular weight is 214 g/mol. The topological polar surface area (TPSA) is 9.23 Å². The lowest BCUT2D eigenvalue weighted by Gasteiger charge is -2.59. The first-order valence-corrected chi connectivity index (χ1v) is 6.16. The molecule has 16 heavy (non-hydrogen) atoms. The second-order valence-electron chi connectivity index (χ2n) is 4.99. The molecule has 1 nitrogen and oxygen atoms in total. The van der Waals surface area contributed by atoms with E-state index in [0.717, 1.165) is 13.0 Å². The maximum Gasteiger partial charge on any atom is 0.0977 e. The third-order valence-electron chi connectivity index (χ3n) is 4.51. The van der Waals surface area contributed by atoms with Crippen molar-refractivity contribution in [2.75, 3.05) is 6.61 Å². The Morgan fingerprint density at radius 3 is 2.19 bits per heavy atom. The van der Waals surface area contributed by atoms with Gasteiger partial charge in [-0.3, -0.25) is 0 Å². The van der Waals surface area contributed by atoms with E-state index in [-0.39, 0.29) is 11.0 Å². The molecule has 3 rings (SSSR count). The van der Waals surface area contributed by atoms with Crippen LogP contribution in [0.3, 0.4) is 0 Å². The second-order valence-corrected chi connectivity index (χ2v) is 4.99. The highest BCUT2D eigenvalue weighted by molar-refractivity contribution is 5.36. The molecule has 2 fully saturated rings. The van der Waals surface area contributed by atoms with Crippen molar-refractivity contribution in [2.24, 2.45) is 0 Å². The summed E-state index contributed by atoms with van der Waals surface area (Å²) in [4.78, 5) is 0. The molecule has 1 heterocycles. The van der Waals surface area contributed by atoms with Crippen LogP contribution in [0.25, 0.3) is 0 Å². The minimum absolute atomic E-state index is 0.0768. The van der Waals surface area contributed by atoms with Gasteiger partial charge in [-0.15, -0.1) is 6.58 Å². The van der Waals surface area contributed by atoms with Crippen LogP contribution in [0.5, 0.6) is 0 Å². The molecule has 0 aromatic heterocycles. The van der Waals surface area contributed by atoms with Gasteiger partial charge in [0.15, 0.2) is 0 Å². The van der Waals surface area contributed by atoms with E-state index in [9.17, 15) is 0 Å². The normalized spacial score (nSPS) is 31.2. The molecule has 0 radical (unpaired) electrons. The Labute approximate surface area is 97.1 Å². The number of hydrogen-bond donors (Lipinski definition) is 0. The molecule has 1 atom stereocenters. The Balaban J connectivity index is 2.03. The molecule has 1 aliphatic heterocycles. The minimum Gasteiger partial charge on any atom is -0.370 e. The average Bonchev–Trinajstić information content (AvgIpc) is 2.22. The summed E-state index contributed by atoms with van der Waals surface area (Å²) in [6.45, 7) is 4.89. The highest BCUT2D eigenvalue weighted by Crippen LogP contribution is 2.57. The molecule has 0 amide bonds. The summed E-state index contributed by atoms with van der Waals surface area (Å²) < 4.78 is 5.91. The van der Waals surface area contributed by atoms with Crippen molar-refractivity contribution in [3.63, 3.8) is 0 Å². The molecule has 1 saturated carbocycles. The second kappa shape index (κ2) is 3.46. The van der Waals surface area contributed by atoms with Crippen LogP contribution in [0.15, 0.2) is 43.0 Å². The lowest BCUT2D eigenvalue weighted by molar-refractivity contribution is -0.179. The Kier molecular flexibility index (Phi) is 2.18. The van der Waals surface area contributed by atoms with Crippen LogP contribution in [0, 0.1) is 0 Å². The molecule has 2 aliphatic rings. The predicted molar refractivity (Wildman–Crippen MR) is 65.5 cm³/mol. The van der Waals surface area contributed by atoms with Crippen molar-refractivity contribution in [3.05, 3.63) is 48.6 Å². The van der Waals surface area contributed by atoms with E-state index in [2.05, 4.69) is 36.9 Å². The summed E-state index contributed by atoms with van der Waals surface area (Å²) in [7, 11) is 0. The van der Waals surface area contributed by atoms with Crippen molar-refractivity contribution in [3.8, 4) is 0 Å². The third kappa shape index (κ3) is 1.10. The zero-order valence-corrected chi connectivity index (χ0v) is 9.61. The largest absolute Gasteiger partial charge is 0.370 e. The van der Waals surface area contributed by atoms with Gasteiger partial charge < -0.3 is 4.74 Å². The summed E-state index contributed by atoms with van der Waals surface area (Å²) in [6, 6.07) is 10.8. The first-order valence-electron chi connectivity index (χ1n) is 6.16. The van der Waals surface area contributed by atoms with E-state index in [1.807, 2.05) is 6.08 Å². The van der Waals surface area contributed by atoms with E-state index in [1.165, 1.54) is 24.8 Å². The van der Waals surface area contributed by atoms with Gasteiger partial charge >= 0.3 is 0 Å². The Bertz CT molecular complexity index is 385. The molecule has 84 valence electrons. The highest BCUT2D eigenvalue weighted by atomic mass is 16.5. The Morgan fingerprint density at radius 2 is 1.81 bits per heavy atom. The summed E-state index contributed by atoms with van der Waals surface area (Å²) >= 11 is 0. The lowest BCUT2D eigenvalue weighted by atomic mass is 9.53. The van der Waals surface area contributed by atoms with E-state index >= 15 is 0 Å². The van der Waals surface area contributed by atoms with Crippen molar-refractivity contribution < 1.29 is 4.74 Å². The van der Waals surface area contributed by atoms with Gasteiger partial charge in [-0.25, -0.2) is 0 Å². The summed E-state index contributed by atoms with van der Waals surface area (Å²) in [5.74, 6) is 0. The van der Waals surface area contributed by atoms with Gasteiger partial charge in [-0.2, -0.15) is 0 Å². The molecule has 1 aromatic carbocycles. The first kappa shape index (κ1) is 10.1. The van der Waals surface area contributed by atoms with Crippen molar-refractivity contribution in [2.45, 2.75) is 36.7 Å². The number of rotatable bonds is 3. The van der Waals surface area contributed by atoms with E-state index in [0.29, 0.717) is 0 Å². The van der Waals surface area contributed by atoms with Gasteiger partial charge in [-0.05, 0) is 18.4 Å². The molecule has 0 N–H and O–H groups in total. The Morgan fingerprint density at radius 1 is 1.12 bits per heavy atom.